The number of benzene rings is 2. The van der Waals surface area contributed by atoms with Crippen molar-refractivity contribution in [3.63, 3.8) is 0 Å². The van der Waals surface area contributed by atoms with E-state index in [0.717, 1.165) is 57.1 Å². The number of fused-ring (bicyclic) bond motifs is 2. The number of aliphatic hydroxyl groups excluding tert-OH is 1. The Morgan fingerprint density at radius 1 is 0.929 bits per heavy atom. The van der Waals surface area contributed by atoms with Gasteiger partial charge in [-0.15, -0.1) is 0 Å². The molecule has 2 heterocycles. The van der Waals surface area contributed by atoms with Crippen molar-refractivity contribution in [1.29, 1.82) is 0 Å². The van der Waals surface area contributed by atoms with Crippen LogP contribution in [0.1, 0.15) is 24.0 Å². The van der Waals surface area contributed by atoms with Crippen LogP contribution in [0.5, 0.6) is 0 Å². The first-order valence-corrected chi connectivity index (χ1v) is 11.3. The SMILES string of the molecule is OCCCN1CCN(CC/C=C2\c3ccccc3Sc3ccc(Cl)cc32)CC1. The minimum atomic E-state index is 0.291. The van der Waals surface area contributed by atoms with Crippen molar-refractivity contribution in [3.8, 4) is 0 Å². The van der Waals surface area contributed by atoms with Gasteiger partial charge >= 0.3 is 0 Å². The fourth-order valence-corrected chi connectivity index (χ4v) is 5.24. The standard InChI is InChI=1S/C23H27ClN2OS/c24-18-8-9-23-21(17-18)19(20-5-1-2-7-22(20)28-23)6-3-10-25-12-14-26(15-13-25)11-4-16-27/h1-2,5-9,17,27H,3-4,10-16H2/b19-6+. The van der Waals surface area contributed by atoms with E-state index in [-0.39, 0.29) is 0 Å². The third kappa shape index (κ3) is 4.64. The quantitative estimate of drug-likeness (QED) is 0.636. The van der Waals surface area contributed by atoms with Gasteiger partial charge in [-0.3, -0.25) is 0 Å². The van der Waals surface area contributed by atoms with E-state index >= 15 is 0 Å². The highest BCUT2D eigenvalue weighted by molar-refractivity contribution is 7.99. The molecule has 0 aromatic heterocycles. The van der Waals surface area contributed by atoms with E-state index in [1.54, 1.807) is 0 Å². The van der Waals surface area contributed by atoms with Crippen LogP contribution in [-0.2, 0) is 0 Å². The van der Waals surface area contributed by atoms with Crippen LogP contribution in [0.4, 0.5) is 0 Å². The number of halogens is 1. The van der Waals surface area contributed by atoms with Crippen molar-refractivity contribution < 1.29 is 5.11 Å². The Morgan fingerprint density at radius 3 is 2.43 bits per heavy atom. The van der Waals surface area contributed by atoms with Crippen molar-refractivity contribution in [1.82, 2.24) is 9.80 Å². The van der Waals surface area contributed by atoms with E-state index in [2.05, 4.69) is 52.3 Å². The number of aliphatic hydroxyl groups is 1. The topological polar surface area (TPSA) is 26.7 Å². The molecule has 1 N–H and O–H groups in total. The molecule has 0 amide bonds. The number of hydrogen-bond acceptors (Lipinski definition) is 4. The summed E-state index contributed by atoms with van der Waals surface area (Å²) in [6.45, 7) is 6.83. The van der Waals surface area contributed by atoms with Gasteiger partial charge in [0.1, 0.15) is 0 Å². The smallest absolute Gasteiger partial charge is 0.0443 e. The van der Waals surface area contributed by atoms with Crippen molar-refractivity contribution in [2.45, 2.75) is 22.6 Å². The lowest BCUT2D eigenvalue weighted by Crippen LogP contribution is -2.46. The second-order valence-electron chi connectivity index (χ2n) is 7.41. The lowest BCUT2D eigenvalue weighted by molar-refractivity contribution is 0.126. The molecule has 2 aromatic carbocycles. The van der Waals surface area contributed by atoms with Crippen molar-refractivity contribution in [2.75, 3.05) is 45.9 Å². The molecule has 0 saturated carbocycles. The molecule has 5 heteroatoms. The molecule has 1 saturated heterocycles. The predicted octanol–water partition coefficient (Wildman–Crippen LogP) is 4.63. The van der Waals surface area contributed by atoms with Gasteiger partial charge in [0.05, 0.1) is 0 Å². The average Bonchev–Trinajstić information content (AvgIpc) is 2.73. The van der Waals surface area contributed by atoms with E-state index < -0.39 is 0 Å². The molecule has 3 nitrogen and oxygen atoms in total. The summed E-state index contributed by atoms with van der Waals surface area (Å²) in [6.07, 6.45) is 4.31. The van der Waals surface area contributed by atoms with Gasteiger partial charge < -0.3 is 14.9 Å². The largest absolute Gasteiger partial charge is 0.396 e. The molecule has 0 unspecified atom stereocenters. The third-order valence-electron chi connectivity index (χ3n) is 5.52. The summed E-state index contributed by atoms with van der Waals surface area (Å²) >= 11 is 8.14. The number of piperazine rings is 1. The Bertz CT molecular complexity index is 846. The first-order chi connectivity index (χ1) is 13.7. The lowest BCUT2D eigenvalue weighted by atomic mass is 9.96. The van der Waals surface area contributed by atoms with E-state index in [0.29, 0.717) is 6.61 Å². The summed E-state index contributed by atoms with van der Waals surface area (Å²) in [7, 11) is 0. The molecule has 1 fully saturated rings. The molecular formula is C23H27ClN2OS. The average molecular weight is 415 g/mol. The number of rotatable bonds is 6. The van der Waals surface area contributed by atoms with Gasteiger partial charge in [0.2, 0.25) is 0 Å². The molecule has 28 heavy (non-hydrogen) atoms. The number of hydrogen-bond donors (Lipinski definition) is 1. The molecule has 0 bridgehead atoms. The molecule has 0 atom stereocenters. The number of nitrogens with zero attached hydrogens (tertiary/aromatic N) is 2. The zero-order chi connectivity index (χ0) is 19.3. The Hall–Kier alpha value is -1.30. The Balaban J connectivity index is 1.44. The van der Waals surface area contributed by atoms with Crippen LogP contribution >= 0.6 is 23.4 Å². The van der Waals surface area contributed by atoms with Gasteiger partial charge in [-0.05, 0) is 53.8 Å². The van der Waals surface area contributed by atoms with E-state index in [9.17, 15) is 0 Å². The molecule has 2 aliphatic heterocycles. The van der Waals surface area contributed by atoms with Crippen LogP contribution in [0.15, 0.2) is 58.3 Å². The summed E-state index contributed by atoms with van der Waals surface area (Å²) in [5.41, 5.74) is 3.88. The molecular weight excluding hydrogens is 388 g/mol. The first-order valence-electron chi connectivity index (χ1n) is 10.1. The van der Waals surface area contributed by atoms with Crippen LogP contribution in [-0.4, -0.2) is 60.8 Å². The highest BCUT2D eigenvalue weighted by atomic mass is 35.5. The molecule has 0 aliphatic carbocycles. The Kier molecular flexibility index (Phi) is 6.76. The zero-order valence-corrected chi connectivity index (χ0v) is 17.7. The molecule has 4 rings (SSSR count). The van der Waals surface area contributed by atoms with Crippen LogP contribution in [0, 0.1) is 0 Å². The monoisotopic (exact) mass is 414 g/mol. The van der Waals surface area contributed by atoms with Gasteiger partial charge in [0.15, 0.2) is 0 Å². The fourth-order valence-electron chi connectivity index (χ4n) is 3.99. The molecule has 2 aromatic rings. The van der Waals surface area contributed by atoms with Gasteiger partial charge in [-0.2, -0.15) is 0 Å². The van der Waals surface area contributed by atoms with Gasteiger partial charge in [0.25, 0.3) is 0 Å². The zero-order valence-electron chi connectivity index (χ0n) is 16.1. The van der Waals surface area contributed by atoms with Crippen LogP contribution in [0.2, 0.25) is 5.02 Å². The summed E-state index contributed by atoms with van der Waals surface area (Å²) in [5.74, 6) is 0. The summed E-state index contributed by atoms with van der Waals surface area (Å²) < 4.78 is 0. The first kappa shape index (κ1) is 20.0. The Labute approximate surface area is 177 Å². The maximum Gasteiger partial charge on any atom is 0.0443 e. The van der Waals surface area contributed by atoms with Crippen molar-refractivity contribution in [2.24, 2.45) is 0 Å². The van der Waals surface area contributed by atoms with Gasteiger partial charge in [0, 0.05) is 60.7 Å². The van der Waals surface area contributed by atoms with E-state index in [1.165, 1.54) is 26.5 Å². The third-order valence-corrected chi connectivity index (χ3v) is 6.91. The van der Waals surface area contributed by atoms with E-state index in [4.69, 9.17) is 16.7 Å². The van der Waals surface area contributed by atoms with Gasteiger partial charge in [-0.25, -0.2) is 0 Å². The highest BCUT2D eigenvalue weighted by Gasteiger charge is 2.21. The van der Waals surface area contributed by atoms with Crippen LogP contribution in [0.3, 0.4) is 0 Å². The molecule has 148 valence electrons. The van der Waals surface area contributed by atoms with Gasteiger partial charge in [-0.1, -0.05) is 47.6 Å². The maximum atomic E-state index is 8.99. The second kappa shape index (κ2) is 9.47. The van der Waals surface area contributed by atoms with Crippen molar-refractivity contribution >= 4 is 28.9 Å². The highest BCUT2D eigenvalue weighted by Crippen LogP contribution is 2.46. The normalized spacial score (nSPS) is 18.9. The van der Waals surface area contributed by atoms with Crippen LogP contribution < -0.4 is 0 Å². The minimum absolute atomic E-state index is 0.291. The van der Waals surface area contributed by atoms with Crippen molar-refractivity contribution in [3.05, 3.63) is 64.7 Å². The summed E-state index contributed by atoms with van der Waals surface area (Å²) in [5, 5.41) is 9.79. The van der Waals surface area contributed by atoms with E-state index in [1.807, 2.05) is 17.8 Å². The van der Waals surface area contributed by atoms with Crippen LogP contribution in [0.25, 0.3) is 5.57 Å². The summed E-state index contributed by atoms with van der Waals surface area (Å²) in [6, 6.07) is 14.9. The second-order valence-corrected chi connectivity index (χ2v) is 8.93. The minimum Gasteiger partial charge on any atom is -0.396 e. The molecule has 0 radical (unpaired) electrons. The molecule has 2 aliphatic rings. The predicted molar refractivity (Wildman–Crippen MR) is 118 cm³/mol. The fraction of sp³-hybridized carbons (Fsp3) is 0.391. The maximum absolute atomic E-state index is 8.99. The lowest BCUT2D eigenvalue weighted by Gasteiger charge is -2.34. The Morgan fingerprint density at radius 2 is 1.64 bits per heavy atom. The molecule has 0 spiro atoms. The summed E-state index contributed by atoms with van der Waals surface area (Å²) in [4.78, 5) is 7.61.